The van der Waals surface area contributed by atoms with E-state index in [4.69, 9.17) is 0 Å². The van der Waals surface area contributed by atoms with Gasteiger partial charge in [-0.2, -0.15) is 5.10 Å². The molecule has 0 aliphatic rings. The third-order valence-electron chi connectivity index (χ3n) is 3.25. The molecule has 0 saturated heterocycles. The van der Waals surface area contributed by atoms with Crippen molar-refractivity contribution in [3.8, 4) is 0 Å². The summed E-state index contributed by atoms with van der Waals surface area (Å²) in [4.78, 5) is 16.4. The number of nitrogens with one attached hydrogen (secondary N) is 2. The number of hydrogen-bond donors (Lipinski definition) is 2. The van der Waals surface area contributed by atoms with Crippen molar-refractivity contribution in [3.63, 3.8) is 0 Å². The third kappa shape index (κ3) is 2.96. The molecule has 1 atom stereocenters. The molecule has 0 fully saturated rings. The maximum atomic E-state index is 12.0. The van der Waals surface area contributed by atoms with E-state index in [1.165, 1.54) is 0 Å². The molecule has 0 bridgehead atoms. The predicted octanol–water partition coefficient (Wildman–Crippen LogP) is 1.35. The van der Waals surface area contributed by atoms with Crippen molar-refractivity contribution in [3.05, 3.63) is 24.0 Å². The molecule has 2 N–H and O–H groups in total. The van der Waals surface area contributed by atoms with Crippen molar-refractivity contribution >= 4 is 16.9 Å². The van der Waals surface area contributed by atoms with Crippen molar-refractivity contribution in [1.82, 2.24) is 25.4 Å². The summed E-state index contributed by atoms with van der Waals surface area (Å²) in [6.07, 6.45) is 3.34. The van der Waals surface area contributed by atoms with Crippen molar-refractivity contribution in [2.45, 2.75) is 32.9 Å². The van der Waals surface area contributed by atoms with Gasteiger partial charge >= 0.3 is 0 Å². The second kappa shape index (κ2) is 6.00. The largest absolute Gasteiger partial charge is 0.350 e. The Kier molecular flexibility index (Phi) is 4.34. The van der Waals surface area contributed by atoms with Crippen LogP contribution in [0.2, 0.25) is 0 Å². The second-order valence-corrected chi connectivity index (χ2v) is 5.22. The van der Waals surface area contributed by atoms with Gasteiger partial charge in [0.25, 0.3) is 5.91 Å². The van der Waals surface area contributed by atoms with Crippen molar-refractivity contribution < 1.29 is 4.79 Å². The van der Waals surface area contributed by atoms with E-state index in [-0.39, 0.29) is 18.0 Å². The monoisotopic (exact) mass is 275 g/mol. The Labute approximate surface area is 118 Å². The lowest BCUT2D eigenvalue weighted by Gasteiger charge is -2.11. The molecule has 0 aliphatic heterocycles. The van der Waals surface area contributed by atoms with Gasteiger partial charge in [0.15, 0.2) is 5.65 Å². The number of rotatable bonds is 5. The molecule has 6 nitrogen and oxygen atoms in total. The van der Waals surface area contributed by atoms with Gasteiger partial charge in [0.2, 0.25) is 0 Å². The fourth-order valence-electron chi connectivity index (χ4n) is 1.89. The van der Waals surface area contributed by atoms with E-state index in [1.807, 2.05) is 38.6 Å². The molecular weight excluding hydrogens is 254 g/mol. The van der Waals surface area contributed by atoms with E-state index in [1.54, 1.807) is 12.4 Å². The molecule has 6 heteroatoms. The molecule has 2 rings (SSSR count). The van der Waals surface area contributed by atoms with E-state index in [2.05, 4.69) is 20.7 Å². The van der Waals surface area contributed by atoms with E-state index >= 15 is 0 Å². The highest BCUT2D eigenvalue weighted by atomic mass is 16.1. The van der Waals surface area contributed by atoms with Gasteiger partial charge in [-0.25, -0.2) is 9.67 Å². The van der Waals surface area contributed by atoms with Crippen LogP contribution in [0.5, 0.6) is 0 Å². The predicted molar refractivity (Wildman–Crippen MR) is 78.8 cm³/mol. The molecule has 2 aromatic heterocycles. The molecule has 2 heterocycles. The number of pyridine rings is 1. The Morgan fingerprint density at radius 2 is 2.10 bits per heavy atom. The zero-order chi connectivity index (χ0) is 14.7. The first-order valence-corrected chi connectivity index (χ1v) is 6.81. The highest BCUT2D eigenvalue weighted by Gasteiger charge is 2.12. The van der Waals surface area contributed by atoms with Crippen LogP contribution in [0.15, 0.2) is 18.5 Å². The van der Waals surface area contributed by atoms with Crippen LogP contribution in [0.4, 0.5) is 0 Å². The average molecular weight is 275 g/mol. The van der Waals surface area contributed by atoms with Crippen molar-refractivity contribution in [2.24, 2.45) is 0 Å². The first-order valence-electron chi connectivity index (χ1n) is 6.81. The minimum Gasteiger partial charge on any atom is -0.350 e. The molecule has 1 amide bonds. The van der Waals surface area contributed by atoms with Gasteiger partial charge in [-0.15, -0.1) is 0 Å². The van der Waals surface area contributed by atoms with Crippen molar-refractivity contribution in [1.29, 1.82) is 0 Å². The molecule has 2 aromatic rings. The zero-order valence-corrected chi connectivity index (χ0v) is 12.3. The van der Waals surface area contributed by atoms with Gasteiger partial charge < -0.3 is 10.6 Å². The molecular formula is C14H21N5O. The molecule has 0 radical (unpaired) electrons. The summed E-state index contributed by atoms with van der Waals surface area (Å²) in [5, 5.41) is 11.1. The molecule has 1 unspecified atom stereocenters. The quantitative estimate of drug-likeness (QED) is 0.864. The SMILES string of the molecule is CNC(C)CNC(=O)c1cnc2c(cnn2C(C)C)c1. The zero-order valence-electron chi connectivity index (χ0n) is 12.3. The molecule has 108 valence electrons. The fourth-order valence-corrected chi connectivity index (χ4v) is 1.89. The summed E-state index contributed by atoms with van der Waals surface area (Å²) >= 11 is 0. The van der Waals surface area contributed by atoms with Gasteiger partial charge in [-0.3, -0.25) is 4.79 Å². The normalized spacial score (nSPS) is 12.8. The van der Waals surface area contributed by atoms with Crippen molar-refractivity contribution in [2.75, 3.05) is 13.6 Å². The number of hydrogen-bond acceptors (Lipinski definition) is 4. The maximum absolute atomic E-state index is 12.0. The van der Waals surface area contributed by atoms with Crippen LogP contribution in [0.1, 0.15) is 37.2 Å². The number of aromatic nitrogens is 3. The van der Waals surface area contributed by atoms with Gasteiger partial charge in [0, 0.05) is 30.2 Å². The summed E-state index contributed by atoms with van der Waals surface area (Å²) in [5.74, 6) is -0.112. The van der Waals surface area contributed by atoms with Crippen LogP contribution in [-0.2, 0) is 0 Å². The molecule has 0 saturated carbocycles. The van der Waals surface area contributed by atoms with Gasteiger partial charge in [-0.1, -0.05) is 0 Å². The Balaban J connectivity index is 2.18. The van der Waals surface area contributed by atoms with Gasteiger partial charge in [0.1, 0.15) is 0 Å². The molecule has 0 aliphatic carbocycles. The Morgan fingerprint density at radius 1 is 1.35 bits per heavy atom. The topological polar surface area (TPSA) is 71.8 Å². The number of carbonyl (C=O) groups excluding carboxylic acids is 1. The summed E-state index contributed by atoms with van der Waals surface area (Å²) < 4.78 is 1.85. The summed E-state index contributed by atoms with van der Waals surface area (Å²) in [6, 6.07) is 2.31. The second-order valence-electron chi connectivity index (χ2n) is 5.22. The Hall–Kier alpha value is -1.95. The number of carbonyl (C=O) groups is 1. The highest BCUT2D eigenvalue weighted by molar-refractivity contribution is 5.96. The van der Waals surface area contributed by atoms with Gasteiger partial charge in [0.05, 0.1) is 11.8 Å². The lowest BCUT2D eigenvalue weighted by atomic mass is 10.2. The minimum absolute atomic E-state index is 0.112. The number of amides is 1. The van der Waals surface area contributed by atoms with Crippen LogP contribution in [0.25, 0.3) is 11.0 Å². The van der Waals surface area contributed by atoms with Crippen LogP contribution >= 0.6 is 0 Å². The van der Waals surface area contributed by atoms with Gasteiger partial charge in [-0.05, 0) is 33.9 Å². The first kappa shape index (κ1) is 14.5. The van der Waals surface area contributed by atoms with Crippen LogP contribution in [-0.4, -0.2) is 40.3 Å². The molecule has 20 heavy (non-hydrogen) atoms. The maximum Gasteiger partial charge on any atom is 0.252 e. The first-order chi connectivity index (χ1) is 9.52. The van der Waals surface area contributed by atoms with E-state index < -0.39 is 0 Å². The average Bonchev–Trinajstić information content (AvgIpc) is 2.87. The van der Waals surface area contributed by atoms with Crippen LogP contribution in [0.3, 0.4) is 0 Å². The lowest BCUT2D eigenvalue weighted by Crippen LogP contribution is -2.37. The number of fused-ring (bicyclic) bond motifs is 1. The fraction of sp³-hybridized carbons (Fsp3) is 0.500. The number of likely N-dealkylation sites (N-methyl/N-ethyl adjacent to an activating group) is 1. The van der Waals surface area contributed by atoms with E-state index in [0.29, 0.717) is 12.1 Å². The minimum atomic E-state index is -0.112. The third-order valence-corrected chi connectivity index (χ3v) is 3.25. The summed E-state index contributed by atoms with van der Waals surface area (Å²) in [7, 11) is 1.87. The van der Waals surface area contributed by atoms with Crippen LogP contribution in [0, 0.1) is 0 Å². The summed E-state index contributed by atoms with van der Waals surface area (Å²) in [5.41, 5.74) is 1.37. The van der Waals surface area contributed by atoms with Crippen LogP contribution < -0.4 is 10.6 Å². The molecule has 0 spiro atoms. The van der Waals surface area contributed by atoms with E-state index in [9.17, 15) is 4.79 Å². The molecule has 0 aromatic carbocycles. The standard InChI is InChI=1S/C14H21N5O/c1-9(2)19-13-11(8-18-19)5-12(7-16-13)14(20)17-6-10(3)15-4/h5,7-10,15H,6H2,1-4H3,(H,17,20). The summed E-state index contributed by atoms with van der Waals surface area (Å²) in [6.45, 7) is 6.69. The Morgan fingerprint density at radius 3 is 2.75 bits per heavy atom. The smallest absolute Gasteiger partial charge is 0.252 e. The number of nitrogens with zero attached hydrogens (tertiary/aromatic N) is 3. The lowest BCUT2D eigenvalue weighted by molar-refractivity contribution is 0.0950. The highest BCUT2D eigenvalue weighted by Crippen LogP contribution is 2.16. The Bertz CT molecular complexity index is 605. The van der Waals surface area contributed by atoms with E-state index in [0.717, 1.165) is 11.0 Å².